The number of rotatable bonds is 9. The maximum Gasteiger partial charge on any atom is 0.242 e. The SMILES string of the molecule is O=C1C(NS(=O)(=O)/C=C/c2ccc(Cl)s2)CCCN1CC(=O)N1CC2CC2C1CN1CCC(c2ccccc2)C1. The molecule has 1 aromatic heterocycles. The van der Waals surface area contributed by atoms with Crippen molar-refractivity contribution in [3.63, 3.8) is 0 Å². The molecule has 4 aliphatic rings. The number of carbonyl (C=O) groups is 2. The van der Waals surface area contributed by atoms with Crippen molar-refractivity contribution in [3.8, 4) is 0 Å². The number of carbonyl (C=O) groups excluding carboxylic acids is 2. The Balaban J connectivity index is 1.04. The number of hydrogen-bond donors (Lipinski definition) is 1. The molecule has 0 bridgehead atoms. The van der Waals surface area contributed by atoms with Gasteiger partial charge in [-0.25, -0.2) is 8.42 Å². The second-order valence-corrected chi connectivity index (χ2v) is 14.8. The molecule has 3 saturated heterocycles. The summed E-state index contributed by atoms with van der Waals surface area (Å²) in [5.41, 5.74) is 1.38. The summed E-state index contributed by atoms with van der Waals surface area (Å²) >= 11 is 7.19. The van der Waals surface area contributed by atoms with Crippen LogP contribution < -0.4 is 4.72 Å². The van der Waals surface area contributed by atoms with Crippen molar-refractivity contribution in [2.75, 3.05) is 39.3 Å². The van der Waals surface area contributed by atoms with Gasteiger partial charge in [0, 0.05) is 42.5 Å². The monoisotopic (exact) mass is 602 g/mol. The van der Waals surface area contributed by atoms with Crippen LogP contribution in [0.1, 0.15) is 42.0 Å². The van der Waals surface area contributed by atoms with Gasteiger partial charge in [0.2, 0.25) is 21.8 Å². The lowest BCUT2D eigenvalue weighted by Crippen LogP contribution is -2.55. The molecule has 1 aromatic carbocycles. The standard InChI is InChI=1S/C29H35ClN4O4S2/c30-27-9-8-23(39-27)11-14-40(37,38)31-25-7-4-12-33(29(25)36)19-28(35)34-17-22-15-24(22)26(34)18-32-13-10-21(16-32)20-5-2-1-3-6-20/h1-3,5-6,8-9,11,14,21-22,24-26,31H,4,7,10,12-13,15-19H2/b14-11+. The van der Waals surface area contributed by atoms with Gasteiger partial charge in [-0.2, -0.15) is 4.72 Å². The summed E-state index contributed by atoms with van der Waals surface area (Å²) < 4.78 is 28.4. The van der Waals surface area contributed by atoms with Crippen LogP contribution in [0.15, 0.2) is 47.9 Å². The highest BCUT2D eigenvalue weighted by molar-refractivity contribution is 7.92. The Labute approximate surface area is 245 Å². The predicted octanol–water partition coefficient (Wildman–Crippen LogP) is 3.62. The van der Waals surface area contributed by atoms with Crippen molar-refractivity contribution in [2.45, 2.75) is 43.7 Å². The highest BCUT2D eigenvalue weighted by Crippen LogP contribution is 2.50. The molecule has 1 aliphatic carbocycles. The van der Waals surface area contributed by atoms with E-state index in [4.69, 9.17) is 11.6 Å². The number of thiophene rings is 1. The first-order valence-corrected chi connectivity index (χ1v) is 16.8. The predicted molar refractivity (Wildman–Crippen MR) is 157 cm³/mol. The van der Waals surface area contributed by atoms with Crippen molar-refractivity contribution in [1.29, 1.82) is 0 Å². The summed E-state index contributed by atoms with van der Waals surface area (Å²) in [4.78, 5) is 33.5. The van der Waals surface area contributed by atoms with E-state index in [2.05, 4.69) is 40.0 Å². The molecule has 214 valence electrons. The summed E-state index contributed by atoms with van der Waals surface area (Å²) in [6.45, 7) is 4.16. The first-order valence-electron chi connectivity index (χ1n) is 14.1. The van der Waals surface area contributed by atoms with Crippen LogP contribution in [0.25, 0.3) is 6.08 Å². The Kier molecular flexibility index (Phi) is 8.07. The zero-order valence-electron chi connectivity index (χ0n) is 22.3. The van der Waals surface area contributed by atoms with Gasteiger partial charge in [-0.3, -0.25) is 9.59 Å². The number of nitrogens with one attached hydrogen (secondary N) is 1. The van der Waals surface area contributed by atoms with Crippen molar-refractivity contribution in [1.82, 2.24) is 19.4 Å². The van der Waals surface area contributed by atoms with Crippen LogP contribution in [0.5, 0.6) is 0 Å². The molecule has 8 nitrogen and oxygen atoms in total. The van der Waals surface area contributed by atoms with E-state index in [9.17, 15) is 18.0 Å². The first kappa shape index (κ1) is 27.9. The quantitative estimate of drug-likeness (QED) is 0.474. The van der Waals surface area contributed by atoms with Crippen molar-refractivity contribution in [3.05, 3.63) is 62.6 Å². The van der Waals surface area contributed by atoms with Gasteiger partial charge in [0.15, 0.2) is 0 Å². The van der Waals surface area contributed by atoms with Crippen LogP contribution >= 0.6 is 22.9 Å². The maximum atomic E-state index is 13.5. The van der Waals surface area contributed by atoms with E-state index in [0.717, 1.165) is 38.0 Å². The van der Waals surface area contributed by atoms with Crippen LogP contribution in [0.4, 0.5) is 0 Å². The van der Waals surface area contributed by atoms with E-state index in [-0.39, 0.29) is 24.4 Å². The lowest BCUT2D eigenvalue weighted by atomic mass is 9.99. The van der Waals surface area contributed by atoms with Gasteiger partial charge < -0.3 is 14.7 Å². The van der Waals surface area contributed by atoms with E-state index in [1.807, 2.05) is 4.90 Å². The van der Waals surface area contributed by atoms with Crippen molar-refractivity contribution < 1.29 is 18.0 Å². The second kappa shape index (κ2) is 11.6. The fraction of sp³-hybridized carbons (Fsp3) is 0.517. The molecule has 3 aliphatic heterocycles. The Hall–Kier alpha value is -2.24. The van der Waals surface area contributed by atoms with Gasteiger partial charge in [-0.1, -0.05) is 41.9 Å². The Morgan fingerprint density at radius 2 is 1.93 bits per heavy atom. The van der Waals surface area contributed by atoms with Gasteiger partial charge >= 0.3 is 0 Å². The Bertz CT molecular complexity index is 1380. The Morgan fingerprint density at radius 3 is 2.70 bits per heavy atom. The molecule has 2 amide bonds. The summed E-state index contributed by atoms with van der Waals surface area (Å²) in [5.74, 6) is 1.31. The van der Waals surface area contributed by atoms with Crippen LogP contribution in [0.3, 0.4) is 0 Å². The van der Waals surface area contributed by atoms with Crippen LogP contribution in [0.2, 0.25) is 4.34 Å². The number of halogens is 1. The van der Waals surface area contributed by atoms with Crippen LogP contribution in [-0.4, -0.2) is 86.3 Å². The number of benzene rings is 1. The largest absolute Gasteiger partial charge is 0.336 e. The number of amides is 2. The number of piperidine rings is 2. The molecule has 4 fully saturated rings. The summed E-state index contributed by atoms with van der Waals surface area (Å²) in [5, 5.41) is 1.06. The number of sulfonamides is 1. The lowest BCUT2D eigenvalue weighted by Gasteiger charge is -2.35. The molecule has 0 radical (unpaired) electrons. The van der Waals surface area contributed by atoms with E-state index in [1.165, 1.54) is 34.3 Å². The highest BCUT2D eigenvalue weighted by atomic mass is 35.5. The molecular weight excluding hydrogens is 568 g/mol. The molecule has 40 heavy (non-hydrogen) atoms. The maximum absolute atomic E-state index is 13.5. The molecule has 1 saturated carbocycles. The smallest absolute Gasteiger partial charge is 0.242 e. The zero-order chi connectivity index (χ0) is 27.9. The average Bonchev–Trinajstić information content (AvgIpc) is 3.23. The Morgan fingerprint density at radius 1 is 1.10 bits per heavy atom. The molecule has 1 N–H and O–H groups in total. The van der Waals surface area contributed by atoms with Crippen LogP contribution in [-0.2, 0) is 19.6 Å². The summed E-state index contributed by atoms with van der Waals surface area (Å²) in [7, 11) is -3.83. The number of likely N-dealkylation sites (tertiary alicyclic amines) is 3. The summed E-state index contributed by atoms with van der Waals surface area (Å²) in [6, 6.07) is 13.4. The molecule has 0 spiro atoms. The lowest BCUT2D eigenvalue weighted by molar-refractivity contribution is -0.144. The van der Waals surface area contributed by atoms with E-state index >= 15 is 0 Å². The van der Waals surface area contributed by atoms with E-state index < -0.39 is 16.1 Å². The van der Waals surface area contributed by atoms with Gasteiger partial charge in [-0.15, -0.1) is 11.3 Å². The molecular formula is C29H35ClN4O4S2. The number of nitrogens with zero attached hydrogens (tertiary/aromatic N) is 3. The van der Waals surface area contributed by atoms with Crippen molar-refractivity contribution in [2.24, 2.45) is 11.8 Å². The van der Waals surface area contributed by atoms with Gasteiger partial charge in [0.05, 0.1) is 10.9 Å². The minimum atomic E-state index is -3.83. The third kappa shape index (κ3) is 6.31. The second-order valence-electron chi connectivity index (χ2n) is 11.5. The number of fused-ring (bicyclic) bond motifs is 1. The summed E-state index contributed by atoms with van der Waals surface area (Å²) in [6.07, 6.45) is 4.83. The topological polar surface area (TPSA) is 90.0 Å². The molecule has 6 rings (SSSR count). The first-order chi connectivity index (χ1) is 19.3. The molecule has 11 heteroatoms. The van der Waals surface area contributed by atoms with E-state index in [0.29, 0.717) is 46.4 Å². The fourth-order valence-electron chi connectivity index (χ4n) is 6.63. The van der Waals surface area contributed by atoms with Gasteiger partial charge in [-0.05, 0) is 73.8 Å². The van der Waals surface area contributed by atoms with Gasteiger partial charge in [0.1, 0.15) is 6.04 Å². The van der Waals surface area contributed by atoms with Gasteiger partial charge in [0.25, 0.3) is 0 Å². The van der Waals surface area contributed by atoms with Crippen LogP contribution in [0, 0.1) is 11.8 Å². The average molecular weight is 603 g/mol. The van der Waals surface area contributed by atoms with E-state index in [1.54, 1.807) is 12.1 Å². The third-order valence-electron chi connectivity index (χ3n) is 8.78. The zero-order valence-corrected chi connectivity index (χ0v) is 24.7. The normalized spacial score (nSPS) is 28.9. The molecule has 5 unspecified atom stereocenters. The third-order valence-corrected chi connectivity index (χ3v) is 11.1. The fourth-order valence-corrected chi connectivity index (χ4v) is 8.69. The highest BCUT2D eigenvalue weighted by Gasteiger charge is 2.54. The molecule has 4 heterocycles. The minimum Gasteiger partial charge on any atom is -0.336 e. The number of hydrogen-bond acceptors (Lipinski definition) is 6. The minimum absolute atomic E-state index is 0.00315. The molecule has 5 atom stereocenters. The van der Waals surface area contributed by atoms with Crippen molar-refractivity contribution >= 4 is 50.9 Å². The molecule has 2 aromatic rings.